The lowest BCUT2D eigenvalue weighted by Crippen LogP contribution is -2.41. The van der Waals surface area contributed by atoms with Crippen molar-refractivity contribution in [3.05, 3.63) is 41.2 Å². The molecular formula is C16H20N4OS. The monoisotopic (exact) mass is 316 g/mol. The van der Waals surface area contributed by atoms with E-state index in [0.29, 0.717) is 16.9 Å². The smallest absolute Gasteiger partial charge is 0.323 e. The molecule has 116 valence electrons. The van der Waals surface area contributed by atoms with Crippen LogP contribution in [-0.2, 0) is 0 Å². The van der Waals surface area contributed by atoms with Gasteiger partial charge in [-0.1, -0.05) is 29.8 Å². The molecule has 1 saturated heterocycles. The number of nitrogens with one attached hydrogen (secondary N) is 1. The lowest BCUT2D eigenvalue weighted by atomic mass is 9.90. The highest BCUT2D eigenvalue weighted by Gasteiger charge is 2.25. The van der Waals surface area contributed by atoms with Crippen molar-refractivity contribution < 1.29 is 4.79 Å². The number of urea groups is 1. The minimum atomic E-state index is -0.0755. The standard InChI is InChI=1S/C16H20N4OS/c1-11-5-3-6-13(9-11)14-7-4-8-20(10-14)16(21)18-15-17-12(2)19-22-15/h3,5-6,9,14H,4,7-8,10H2,1-2H3,(H,17,18,19,21). The summed E-state index contributed by atoms with van der Waals surface area (Å²) in [5, 5.41) is 3.42. The number of anilines is 1. The van der Waals surface area contributed by atoms with Crippen LogP contribution in [-0.4, -0.2) is 33.4 Å². The van der Waals surface area contributed by atoms with Gasteiger partial charge in [0.15, 0.2) is 0 Å². The van der Waals surface area contributed by atoms with E-state index in [9.17, 15) is 4.79 Å². The van der Waals surface area contributed by atoms with Crippen LogP contribution in [0.15, 0.2) is 24.3 Å². The van der Waals surface area contributed by atoms with E-state index >= 15 is 0 Å². The van der Waals surface area contributed by atoms with Crippen LogP contribution in [0.25, 0.3) is 0 Å². The summed E-state index contributed by atoms with van der Waals surface area (Å²) in [7, 11) is 0. The number of hydrogen-bond donors (Lipinski definition) is 1. The summed E-state index contributed by atoms with van der Waals surface area (Å²) in [6, 6.07) is 8.50. The number of hydrogen-bond acceptors (Lipinski definition) is 4. The highest BCUT2D eigenvalue weighted by atomic mass is 32.1. The van der Waals surface area contributed by atoms with Gasteiger partial charge < -0.3 is 4.90 Å². The van der Waals surface area contributed by atoms with Gasteiger partial charge in [0.2, 0.25) is 5.13 Å². The zero-order valence-electron chi connectivity index (χ0n) is 12.9. The molecule has 2 aromatic rings. The number of carbonyl (C=O) groups is 1. The van der Waals surface area contributed by atoms with Crippen molar-refractivity contribution in [3.8, 4) is 0 Å². The summed E-state index contributed by atoms with van der Waals surface area (Å²) >= 11 is 1.22. The summed E-state index contributed by atoms with van der Waals surface area (Å²) < 4.78 is 4.08. The summed E-state index contributed by atoms with van der Waals surface area (Å²) in [6.07, 6.45) is 2.16. The van der Waals surface area contributed by atoms with Crippen LogP contribution in [0.3, 0.4) is 0 Å². The molecule has 2 heterocycles. The molecule has 0 bridgehead atoms. The van der Waals surface area contributed by atoms with Crippen LogP contribution in [0.4, 0.5) is 9.93 Å². The first-order valence-corrected chi connectivity index (χ1v) is 8.32. The maximum Gasteiger partial charge on any atom is 0.323 e. The second kappa shape index (κ2) is 6.44. The fraction of sp³-hybridized carbons (Fsp3) is 0.438. The fourth-order valence-electron chi connectivity index (χ4n) is 2.88. The van der Waals surface area contributed by atoms with Gasteiger partial charge in [-0.3, -0.25) is 5.32 Å². The predicted molar refractivity (Wildman–Crippen MR) is 88.4 cm³/mol. The summed E-state index contributed by atoms with van der Waals surface area (Å²) in [4.78, 5) is 18.4. The molecule has 1 aromatic heterocycles. The van der Waals surface area contributed by atoms with Gasteiger partial charge in [-0.2, -0.15) is 4.37 Å². The number of aryl methyl sites for hydroxylation is 2. The Morgan fingerprint density at radius 1 is 1.41 bits per heavy atom. The van der Waals surface area contributed by atoms with Gasteiger partial charge in [-0.25, -0.2) is 9.78 Å². The van der Waals surface area contributed by atoms with Crippen molar-refractivity contribution in [2.45, 2.75) is 32.6 Å². The van der Waals surface area contributed by atoms with Crippen LogP contribution >= 0.6 is 11.5 Å². The largest absolute Gasteiger partial charge is 0.324 e. The van der Waals surface area contributed by atoms with Crippen LogP contribution < -0.4 is 5.32 Å². The zero-order valence-corrected chi connectivity index (χ0v) is 13.7. The van der Waals surface area contributed by atoms with Crippen molar-refractivity contribution >= 4 is 22.7 Å². The van der Waals surface area contributed by atoms with E-state index in [1.807, 2.05) is 11.8 Å². The van der Waals surface area contributed by atoms with Crippen molar-refractivity contribution in [3.63, 3.8) is 0 Å². The molecule has 22 heavy (non-hydrogen) atoms. The predicted octanol–water partition coefficient (Wildman–Crippen LogP) is 3.57. The number of carbonyl (C=O) groups excluding carboxylic acids is 1. The Hall–Kier alpha value is -1.95. The number of benzene rings is 1. The summed E-state index contributed by atoms with van der Waals surface area (Å²) in [6.45, 7) is 5.48. The van der Waals surface area contributed by atoms with Gasteiger partial charge in [-0.15, -0.1) is 0 Å². The normalized spacial score (nSPS) is 18.3. The molecule has 0 spiro atoms. The average molecular weight is 316 g/mol. The van der Waals surface area contributed by atoms with E-state index in [1.165, 1.54) is 22.7 Å². The number of rotatable bonds is 2. The Bertz CT molecular complexity index is 670. The number of aromatic nitrogens is 2. The average Bonchev–Trinajstić information content (AvgIpc) is 2.92. The lowest BCUT2D eigenvalue weighted by Gasteiger charge is -2.32. The second-order valence-electron chi connectivity index (χ2n) is 5.78. The topological polar surface area (TPSA) is 58.1 Å². The Labute approximate surface area is 134 Å². The van der Waals surface area contributed by atoms with Gasteiger partial charge in [0.05, 0.1) is 0 Å². The number of piperidine rings is 1. The molecule has 1 fully saturated rings. The Balaban J connectivity index is 1.66. The highest BCUT2D eigenvalue weighted by Crippen LogP contribution is 2.27. The van der Waals surface area contributed by atoms with Crippen molar-refractivity contribution in [2.24, 2.45) is 0 Å². The van der Waals surface area contributed by atoms with Crippen LogP contribution in [0.5, 0.6) is 0 Å². The molecule has 5 nitrogen and oxygen atoms in total. The molecule has 3 rings (SSSR count). The summed E-state index contributed by atoms with van der Waals surface area (Å²) in [5.41, 5.74) is 2.59. The maximum atomic E-state index is 12.4. The van der Waals surface area contributed by atoms with E-state index in [0.717, 1.165) is 25.9 Å². The quantitative estimate of drug-likeness (QED) is 0.921. The summed E-state index contributed by atoms with van der Waals surface area (Å²) in [5.74, 6) is 1.10. The lowest BCUT2D eigenvalue weighted by molar-refractivity contribution is 0.193. The molecule has 1 aromatic carbocycles. The second-order valence-corrected chi connectivity index (χ2v) is 6.53. The zero-order chi connectivity index (χ0) is 15.5. The molecule has 2 amide bonds. The minimum absolute atomic E-state index is 0.0755. The van der Waals surface area contributed by atoms with Gasteiger partial charge >= 0.3 is 6.03 Å². The molecule has 1 atom stereocenters. The Kier molecular flexibility index (Phi) is 4.38. The van der Waals surface area contributed by atoms with Gasteiger partial charge in [-0.05, 0) is 32.3 Å². The minimum Gasteiger partial charge on any atom is -0.324 e. The van der Waals surface area contributed by atoms with Gasteiger partial charge in [0, 0.05) is 30.5 Å². The van der Waals surface area contributed by atoms with Crippen molar-refractivity contribution in [1.29, 1.82) is 0 Å². The molecular weight excluding hydrogens is 296 g/mol. The first-order chi connectivity index (χ1) is 10.6. The first kappa shape index (κ1) is 15.0. The van der Waals surface area contributed by atoms with Crippen LogP contribution in [0.2, 0.25) is 0 Å². The molecule has 0 saturated carbocycles. The third kappa shape index (κ3) is 3.44. The first-order valence-electron chi connectivity index (χ1n) is 7.54. The Morgan fingerprint density at radius 3 is 3.00 bits per heavy atom. The SMILES string of the molecule is Cc1cccc(C2CCCN(C(=O)Nc3nc(C)ns3)C2)c1. The van der Waals surface area contributed by atoms with Crippen LogP contribution in [0, 0.1) is 13.8 Å². The molecule has 1 aliphatic heterocycles. The molecule has 0 aliphatic carbocycles. The van der Waals surface area contributed by atoms with E-state index in [2.05, 4.69) is 45.9 Å². The van der Waals surface area contributed by atoms with E-state index in [1.54, 1.807) is 0 Å². The van der Waals surface area contributed by atoms with Crippen LogP contribution in [0.1, 0.15) is 35.7 Å². The maximum absolute atomic E-state index is 12.4. The molecule has 6 heteroatoms. The molecule has 1 aliphatic rings. The van der Waals surface area contributed by atoms with Crippen molar-refractivity contribution in [1.82, 2.24) is 14.3 Å². The molecule has 1 N–H and O–H groups in total. The fourth-order valence-corrected chi connectivity index (χ4v) is 3.44. The molecule has 0 radical (unpaired) electrons. The number of likely N-dealkylation sites (tertiary alicyclic amines) is 1. The third-order valence-electron chi connectivity index (χ3n) is 3.96. The third-order valence-corrected chi connectivity index (χ3v) is 4.69. The highest BCUT2D eigenvalue weighted by molar-refractivity contribution is 7.09. The Morgan fingerprint density at radius 2 is 2.27 bits per heavy atom. The van der Waals surface area contributed by atoms with E-state index in [4.69, 9.17) is 0 Å². The van der Waals surface area contributed by atoms with E-state index in [-0.39, 0.29) is 6.03 Å². The van der Waals surface area contributed by atoms with Gasteiger partial charge in [0.25, 0.3) is 0 Å². The molecule has 1 unspecified atom stereocenters. The van der Waals surface area contributed by atoms with Gasteiger partial charge in [0.1, 0.15) is 5.82 Å². The number of amides is 2. The van der Waals surface area contributed by atoms with E-state index < -0.39 is 0 Å². The number of nitrogens with zero attached hydrogens (tertiary/aromatic N) is 3. The van der Waals surface area contributed by atoms with Crippen molar-refractivity contribution in [2.75, 3.05) is 18.4 Å².